The predicted octanol–water partition coefficient (Wildman–Crippen LogP) is 2.39. The van der Waals surface area contributed by atoms with Crippen molar-refractivity contribution >= 4 is 12.1 Å². The van der Waals surface area contributed by atoms with Gasteiger partial charge >= 0.3 is 12.1 Å². The monoisotopic (exact) mass is 233 g/mol. The summed E-state index contributed by atoms with van der Waals surface area (Å²) in [4.78, 5) is 20.0. The molecule has 0 aromatic rings. The number of hydrogen-bond acceptors (Lipinski definition) is 3. The predicted molar refractivity (Wildman–Crippen MR) is 62.1 cm³/mol. The normalized spacial score (nSPS) is 11.1. The number of nitrogens with two attached hydrogens (primary N) is 1. The molecule has 0 saturated heterocycles. The summed E-state index contributed by atoms with van der Waals surface area (Å²) in [7, 11) is 0. The number of carboxylic acids is 1. The molecule has 1 amide bonds. The Morgan fingerprint density at radius 1 is 1.12 bits per heavy atom. The van der Waals surface area contributed by atoms with Gasteiger partial charge in [0, 0.05) is 0 Å². The van der Waals surface area contributed by atoms with E-state index in [4.69, 9.17) is 10.8 Å². The van der Waals surface area contributed by atoms with E-state index in [1.165, 1.54) is 0 Å². The van der Waals surface area contributed by atoms with Crippen LogP contribution in [0.15, 0.2) is 0 Å². The van der Waals surface area contributed by atoms with Crippen molar-refractivity contribution in [2.75, 3.05) is 0 Å². The SMILES string of the molecule is CC(C)(C)CC(=O)O.CC(C)(C)OC(N)=O. The number of carbonyl (C=O) groups excluding carboxylic acids is 1. The number of rotatable bonds is 1. The van der Waals surface area contributed by atoms with Crippen molar-refractivity contribution in [3.63, 3.8) is 0 Å². The Kier molecular flexibility index (Phi) is 6.80. The van der Waals surface area contributed by atoms with Crippen LogP contribution in [-0.2, 0) is 9.53 Å². The molecule has 96 valence electrons. The lowest BCUT2D eigenvalue weighted by Gasteiger charge is -2.16. The van der Waals surface area contributed by atoms with E-state index in [0.29, 0.717) is 0 Å². The van der Waals surface area contributed by atoms with Crippen LogP contribution >= 0.6 is 0 Å². The molecule has 0 heterocycles. The molecule has 16 heavy (non-hydrogen) atoms. The van der Waals surface area contributed by atoms with E-state index in [1.807, 2.05) is 20.8 Å². The van der Waals surface area contributed by atoms with Crippen molar-refractivity contribution in [2.45, 2.75) is 53.6 Å². The Labute approximate surface area is 97.0 Å². The highest BCUT2D eigenvalue weighted by atomic mass is 16.6. The van der Waals surface area contributed by atoms with Gasteiger partial charge in [0.1, 0.15) is 5.60 Å². The van der Waals surface area contributed by atoms with Gasteiger partial charge < -0.3 is 15.6 Å². The molecule has 0 unspecified atom stereocenters. The van der Waals surface area contributed by atoms with Gasteiger partial charge in [0.25, 0.3) is 0 Å². The molecule has 5 heteroatoms. The van der Waals surface area contributed by atoms with E-state index in [1.54, 1.807) is 20.8 Å². The lowest BCUT2D eigenvalue weighted by atomic mass is 9.93. The largest absolute Gasteiger partial charge is 0.481 e. The zero-order chi connectivity index (χ0) is 13.6. The van der Waals surface area contributed by atoms with Crippen LogP contribution in [0, 0.1) is 5.41 Å². The van der Waals surface area contributed by atoms with Crippen LogP contribution in [0.25, 0.3) is 0 Å². The summed E-state index contributed by atoms with van der Waals surface area (Å²) in [5, 5.41) is 8.25. The van der Waals surface area contributed by atoms with Gasteiger partial charge in [-0.05, 0) is 26.2 Å². The average Bonchev–Trinajstić information content (AvgIpc) is 1.72. The lowest BCUT2D eigenvalue weighted by Crippen LogP contribution is -2.27. The molecule has 0 aliphatic rings. The molecule has 0 bridgehead atoms. The molecule has 3 N–H and O–H groups in total. The molecule has 0 saturated carbocycles. The number of hydrogen-bond donors (Lipinski definition) is 2. The lowest BCUT2D eigenvalue weighted by molar-refractivity contribution is -0.139. The Bertz CT molecular complexity index is 209. The van der Waals surface area contributed by atoms with Crippen molar-refractivity contribution in [3.8, 4) is 0 Å². The first-order chi connectivity index (χ1) is 6.83. The zero-order valence-electron chi connectivity index (χ0n) is 11.0. The van der Waals surface area contributed by atoms with Gasteiger partial charge in [0.2, 0.25) is 0 Å². The molecular weight excluding hydrogens is 210 g/mol. The van der Waals surface area contributed by atoms with Gasteiger partial charge in [-0.3, -0.25) is 4.79 Å². The number of carbonyl (C=O) groups is 2. The minimum atomic E-state index is -0.725. The molecule has 0 radical (unpaired) electrons. The molecule has 0 aliphatic carbocycles. The van der Waals surface area contributed by atoms with Gasteiger partial charge in [-0.1, -0.05) is 20.8 Å². The van der Waals surface area contributed by atoms with Crippen molar-refractivity contribution in [3.05, 3.63) is 0 Å². The maximum absolute atomic E-state index is 10.0. The Morgan fingerprint density at radius 3 is 1.50 bits per heavy atom. The third-order valence-electron chi connectivity index (χ3n) is 1.09. The Hall–Kier alpha value is -1.26. The first-order valence-electron chi connectivity index (χ1n) is 5.04. The topological polar surface area (TPSA) is 89.6 Å². The molecule has 0 atom stereocenters. The fraction of sp³-hybridized carbons (Fsp3) is 0.818. The van der Waals surface area contributed by atoms with Crippen LogP contribution in [0.2, 0.25) is 0 Å². The van der Waals surface area contributed by atoms with Gasteiger partial charge in [0.15, 0.2) is 0 Å². The molecule has 0 aromatic heterocycles. The second-order valence-electron chi connectivity index (χ2n) is 5.66. The number of carboxylic acid groups (broad SMARTS) is 1. The Balaban J connectivity index is 0. The van der Waals surface area contributed by atoms with Crippen LogP contribution in [0.5, 0.6) is 0 Å². The van der Waals surface area contributed by atoms with Crippen LogP contribution in [0.1, 0.15) is 48.0 Å². The highest BCUT2D eigenvalue weighted by molar-refractivity contribution is 5.67. The fourth-order valence-corrected chi connectivity index (χ4v) is 0.755. The fourth-order valence-electron chi connectivity index (χ4n) is 0.755. The van der Waals surface area contributed by atoms with Crippen molar-refractivity contribution in [1.29, 1.82) is 0 Å². The first-order valence-corrected chi connectivity index (χ1v) is 5.04. The van der Waals surface area contributed by atoms with Crippen LogP contribution in [-0.4, -0.2) is 22.8 Å². The highest BCUT2D eigenvalue weighted by Crippen LogP contribution is 2.17. The summed E-state index contributed by atoms with van der Waals surface area (Å²) >= 11 is 0. The standard InChI is InChI=1S/C6H12O2.C5H11NO2/c1-6(2,3)4-5(7)8;1-5(2,3)8-4(6)7/h4H2,1-3H3,(H,7,8);1-3H3,(H2,6,7). The maximum Gasteiger partial charge on any atom is 0.405 e. The molecule has 0 rings (SSSR count). The second-order valence-corrected chi connectivity index (χ2v) is 5.66. The van der Waals surface area contributed by atoms with Crippen LogP contribution < -0.4 is 5.73 Å². The summed E-state index contributed by atoms with van der Waals surface area (Å²) in [6.07, 6.45) is -0.481. The molecular formula is C11H23NO4. The second kappa shape index (κ2) is 6.35. The quantitative estimate of drug-likeness (QED) is 0.727. The van der Waals surface area contributed by atoms with E-state index in [2.05, 4.69) is 4.74 Å². The molecule has 0 aliphatic heterocycles. The molecule has 5 nitrogen and oxygen atoms in total. The van der Waals surface area contributed by atoms with Gasteiger partial charge in [-0.25, -0.2) is 4.79 Å². The molecule has 0 fully saturated rings. The third kappa shape index (κ3) is 23.0. The van der Waals surface area contributed by atoms with E-state index in [0.717, 1.165) is 0 Å². The molecule has 0 aromatic carbocycles. The van der Waals surface area contributed by atoms with E-state index >= 15 is 0 Å². The third-order valence-corrected chi connectivity index (χ3v) is 1.09. The van der Waals surface area contributed by atoms with E-state index < -0.39 is 17.7 Å². The van der Waals surface area contributed by atoms with Crippen molar-refractivity contribution < 1.29 is 19.4 Å². The average molecular weight is 233 g/mol. The van der Waals surface area contributed by atoms with Crippen molar-refractivity contribution in [2.24, 2.45) is 11.1 Å². The minimum absolute atomic E-state index is 0.0775. The van der Waals surface area contributed by atoms with Gasteiger partial charge in [0.05, 0.1) is 6.42 Å². The smallest absolute Gasteiger partial charge is 0.405 e. The maximum atomic E-state index is 10.0. The van der Waals surface area contributed by atoms with Gasteiger partial charge in [-0.15, -0.1) is 0 Å². The van der Waals surface area contributed by atoms with E-state index in [9.17, 15) is 9.59 Å². The van der Waals surface area contributed by atoms with Crippen LogP contribution in [0.3, 0.4) is 0 Å². The first kappa shape index (κ1) is 17.1. The summed E-state index contributed by atoms with van der Waals surface area (Å²) < 4.78 is 4.58. The number of aliphatic carboxylic acids is 1. The summed E-state index contributed by atoms with van der Waals surface area (Å²) in [5.74, 6) is -0.725. The molecule has 0 spiro atoms. The van der Waals surface area contributed by atoms with Crippen LogP contribution in [0.4, 0.5) is 4.79 Å². The number of ether oxygens (including phenoxy) is 1. The minimum Gasteiger partial charge on any atom is -0.481 e. The van der Waals surface area contributed by atoms with Gasteiger partial charge in [-0.2, -0.15) is 0 Å². The highest BCUT2D eigenvalue weighted by Gasteiger charge is 2.14. The number of amides is 1. The number of primary amides is 1. The Morgan fingerprint density at radius 2 is 1.50 bits per heavy atom. The summed E-state index contributed by atoms with van der Waals surface area (Å²) in [6.45, 7) is 11.0. The summed E-state index contributed by atoms with van der Waals surface area (Å²) in [5.41, 5.74) is 4.19. The zero-order valence-corrected chi connectivity index (χ0v) is 11.0. The summed E-state index contributed by atoms with van der Waals surface area (Å²) in [6, 6.07) is 0. The van der Waals surface area contributed by atoms with E-state index in [-0.39, 0.29) is 11.8 Å². The van der Waals surface area contributed by atoms with Crippen molar-refractivity contribution in [1.82, 2.24) is 0 Å².